The van der Waals surface area contributed by atoms with Gasteiger partial charge in [0, 0.05) is 6.20 Å². The zero-order chi connectivity index (χ0) is 18.1. The van der Waals surface area contributed by atoms with Crippen LogP contribution in [-0.2, 0) is 9.84 Å². The number of carboxylic acids is 1. The van der Waals surface area contributed by atoms with Crippen LogP contribution < -0.4 is 10.5 Å². The fourth-order valence-corrected chi connectivity index (χ4v) is 2.98. The van der Waals surface area contributed by atoms with Gasteiger partial charge in [0.25, 0.3) is 0 Å². The monoisotopic (exact) mass is 362 g/mol. The van der Waals surface area contributed by atoms with Crippen LogP contribution >= 0.6 is 0 Å². The van der Waals surface area contributed by atoms with E-state index in [0.717, 1.165) is 36.5 Å². The van der Waals surface area contributed by atoms with Crippen LogP contribution in [-0.4, -0.2) is 30.8 Å². The molecule has 0 saturated heterocycles. The molecule has 1 aromatic carbocycles. The number of aromatic carboxylic acids is 1. The third-order valence-corrected chi connectivity index (χ3v) is 4.51. The Labute approximate surface area is 133 Å². The van der Waals surface area contributed by atoms with Gasteiger partial charge in [-0.15, -0.1) is 13.2 Å². The highest BCUT2D eigenvalue weighted by atomic mass is 32.2. The highest BCUT2D eigenvalue weighted by Crippen LogP contribution is 2.27. The Morgan fingerprint density at radius 3 is 2.21 bits per heavy atom. The van der Waals surface area contributed by atoms with Crippen molar-refractivity contribution in [1.29, 1.82) is 0 Å². The maximum absolute atomic E-state index is 12.4. The Kier molecular flexibility index (Phi) is 4.38. The largest absolute Gasteiger partial charge is 0.573 e. The number of nitrogen functional groups attached to an aromatic ring is 1. The molecule has 0 atom stereocenters. The molecular weight excluding hydrogens is 353 g/mol. The number of hydrogen-bond donors (Lipinski definition) is 2. The van der Waals surface area contributed by atoms with Crippen LogP contribution in [0.2, 0.25) is 0 Å². The molecule has 2 aromatic rings. The minimum Gasteiger partial charge on any atom is -0.476 e. The van der Waals surface area contributed by atoms with E-state index in [2.05, 4.69) is 9.72 Å². The number of ether oxygens (including phenoxy) is 1. The van der Waals surface area contributed by atoms with Crippen molar-refractivity contribution in [3.63, 3.8) is 0 Å². The summed E-state index contributed by atoms with van der Waals surface area (Å²) in [5.74, 6) is -2.01. The lowest BCUT2D eigenvalue weighted by molar-refractivity contribution is -0.274. The topological polar surface area (TPSA) is 120 Å². The molecule has 0 bridgehead atoms. The van der Waals surface area contributed by atoms with Crippen molar-refractivity contribution in [2.45, 2.75) is 16.2 Å². The van der Waals surface area contributed by atoms with Gasteiger partial charge in [-0.2, -0.15) is 0 Å². The lowest BCUT2D eigenvalue weighted by Gasteiger charge is -2.10. The molecule has 24 heavy (non-hydrogen) atoms. The Bertz CT molecular complexity index is 879. The second-order valence-electron chi connectivity index (χ2n) is 4.44. The van der Waals surface area contributed by atoms with Gasteiger partial charge in [-0.3, -0.25) is 0 Å². The second kappa shape index (κ2) is 6.00. The summed E-state index contributed by atoms with van der Waals surface area (Å²) in [6.45, 7) is 0. The van der Waals surface area contributed by atoms with E-state index in [-0.39, 0.29) is 10.6 Å². The summed E-state index contributed by atoms with van der Waals surface area (Å²) < 4.78 is 64.6. The first-order valence-corrected chi connectivity index (χ1v) is 7.59. The minimum atomic E-state index is -4.90. The quantitative estimate of drug-likeness (QED) is 0.854. The van der Waals surface area contributed by atoms with Gasteiger partial charge in [0.15, 0.2) is 5.69 Å². The number of carboxylic acid groups (broad SMARTS) is 1. The molecule has 11 heteroatoms. The lowest BCUT2D eigenvalue weighted by Crippen LogP contribution is -2.17. The normalized spacial score (nSPS) is 12.0. The molecule has 0 fully saturated rings. The third-order valence-electron chi connectivity index (χ3n) is 2.77. The summed E-state index contributed by atoms with van der Waals surface area (Å²) >= 11 is 0. The van der Waals surface area contributed by atoms with E-state index in [1.165, 1.54) is 0 Å². The molecule has 7 nitrogen and oxygen atoms in total. The molecule has 0 aliphatic heterocycles. The first kappa shape index (κ1) is 17.5. The first-order valence-electron chi connectivity index (χ1n) is 6.10. The molecule has 0 spiro atoms. The van der Waals surface area contributed by atoms with Crippen molar-refractivity contribution in [3.05, 3.63) is 42.2 Å². The molecule has 0 radical (unpaired) electrons. The number of nitrogens with two attached hydrogens (primary N) is 1. The van der Waals surface area contributed by atoms with E-state index in [1.54, 1.807) is 0 Å². The van der Waals surface area contributed by atoms with Gasteiger partial charge in [-0.1, -0.05) is 0 Å². The summed E-state index contributed by atoms with van der Waals surface area (Å²) in [4.78, 5) is 13.5. The van der Waals surface area contributed by atoms with Crippen molar-refractivity contribution in [2.24, 2.45) is 0 Å². The van der Waals surface area contributed by atoms with Crippen LogP contribution in [0.4, 0.5) is 18.9 Å². The first-order chi connectivity index (χ1) is 11.0. The number of benzene rings is 1. The number of carbonyl (C=O) groups is 1. The van der Waals surface area contributed by atoms with Crippen LogP contribution in [0.1, 0.15) is 10.5 Å². The molecule has 0 aliphatic carbocycles. The van der Waals surface area contributed by atoms with E-state index in [0.29, 0.717) is 0 Å². The molecule has 3 N–H and O–H groups in total. The Morgan fingerprint density at radius 2 is 1.75 bits per heavy atom. The summed E-state index contributed by atoms with van der Waals surface area (Å²) in [5.41, 5.74) is 4.57. The molecule has 1 heterocycles. The number of pyridine rings is 1. The third kappa shape index (κ3) is 3.74. The minimum absolute atomic E-state index is 0.332. The van der Waals surface area contributed by atoms with Crippen LogP contribution in [0.25, 0.3) is 0 Å². The highest BCUT2D eigenvalue weighted by molar-refractivity contribution is 7.91. The number of sulfone groups is 1. The van der Waals surface area contributed by atoms with Crippen LogP contribution in [0.5, 0.6) is 5.75 Å². The van der Waals surface area contributed by atoms with Gasteiger partial charge < -0.3 is 15.6 Å². The predicted octanol–water partition coefficient (Wildman–Crippen LogP) is 2.09. The van der Waals surface area contributed by atoms with Gasteiger partial charge in [-0.25, -0.2) is 18.2 Å². The van der Waals surface area contributed by atoms with Gasteiger partial charge >= 0.3 is 12.3 Å². The van der Waals surface area contributed by atoms with Gasteiger partial charge in [-0.05, 0) is 30.3 Å². The number of halogens is 3. The van der Waals surface area contributed by atoms with Gasteiger partial charge in [0.1, 0.15) is 5.75 Å². The van der Waals surface area contributed by atoms with E-state index in [1.807, 2.05) is 0 Å². The van der Waals surface area contributed by atoms with Crippen molar-refractivity contribution >= 4 is 21.5 Å². The Hall–Kier alpha value is -2.82. The predicted molar refractivity (Wildman–Crippen MR) is 74.2 cm³/mol. The van der Waals surface area contributed by atoms with Crippen LogP contribution in [0.15, 0.2) is 46.3 Å². The lowest BCUT2D eigenvalue weighted by atomic mass is 10.3. The Balaban J connectivity index is 2.37. The maximum atomic E-state index is 12.4. The summed E-state index contributed by atoms with van der Waals surface area (Å²) in [6, 6.07) is 4.41. The molecule has 0 saturated carbocycles. The number of alkyl halides is 3. The van der Waals surface area contributed by atoms with Crippen molar-refractivity contribution in [2.75, 3.05) is 5.73 Å². The smallest absolute Gasteiger partial charge is 0.476 e. The average molecular weight is 362 g/mol. The molecule has 0 amide bonds. The van der Waals surface area contributed by atoms with Crippen LogP contribution in [0, 0.1) is 0 Å². The fourth-order valence-electron chi connectivity index (χ4n) is 1.74. The maximum Gasteiger partial charge on any atom is 0.573 e. The zero-order valence-corrected chi connectivity index (χ0v) is 12.4. The number of nitrogens with zero attached hydrogens (tertiary/aromatic N) is 1. The molecule has 128 valence electrons. The zero-order valence-electron chi connectivity index (χ0n) is 11.6. The molecule has 0 unspecified atom stereocenters. The average Bonchev–Trinajstić information content (AvgIpc) is 2.45. The summed E-state index contributed by atoms with van der Waals surface area (Å²) in [5, 5.41) is 8.80. The summed E-state index contributed by atoms with van der Waals surface area (Å²) in [7, 11) is -4.14. The van der Waals surface area contributed by atoms with E-state index >= 15 is 0 Å². The Morgan fingerprint density at radius 1 is 1.17 bits per heavy atom. The van der Waals surface area contributed by atoms with E-state index < -0.39 is 38.5 Å². The van der Waals surface area contributed by atoms with Crippen molar-refractivity contribution < 1.29 is 36.2 Å². The molecule has 2 rings (SSSR count). The van der Waals surface area contributed by atoms with E-state index in [9.17, 15) is 26.4 Å². The highest BCUT2D eigenvalue weighted by Gasteiger charge is 2.31. The molecule has 1 aromatic heterocycles. The number of anilines is 1. The van der Waals surface area contributed by atoms with E-state index in [4.69, 9.17) is 10.8 Å². The van der Waals surface area contributed by atoms with Gasteiger partial charge in [0.2, 0.25) is 9.84 Å². The van der Waals surface area contributed by atoms with Crippen molar-refractivity contribution in [1.82, 2.24) is 4.98 Å². The number of aromatic nitrogens is 1. The van der Waals surface area contributed by atoms with Gasteiger partial charge in [0.05, 0.1) is 15.5 Å². The molecular formula is C13H9F3N2O5S. The fraction of sp³-hybridized carbons (Fsp3) is 0.0769. The number of hydrogen-bond acceptors (Lipinski definition) is 6. The van der Waals surface area contributed by atoms with Crippen LogP contribution in [0.3, 0.4) is 0 Å². The summed E-state index contributed by atoms with van der Waals surface area (Å²) in [6.07, 6.45) is -4.10. The molecule has 0 aliphatic rings. The number of rotatable bonds is 4. The standard InChI is InChI=1S/C13H9F3N2O5S/c14-13(15,16)23-7-1-3-8(4-2-7)24(21,22)9-5-10(17)11(12(19)20)18-6-9/h1-6H,17H2,(H,19,20). The SMILES string of the molecule is Nc1cc(S(=O)(=O)c2ccc(OC(F)(F)F)cc2)cnc1C(=O)O. The van der Waals surface area contributed by atoms with Crippen molar-refractivity contribution in [3.8, 4) is 5.75 Å². The second-order valence-corrected chi connectivity index (χ2v) is 6.39.